The van der Waals surface area contributed by atoms with Gasteiger partial charge in [0, 0.05) is 16.6 Å². The summed E-state index contributed by atoms with van der Waals surface area (Å²) in [7, 11) is 0. The van der Waals surface area contributed by atoms with Crippen molar-refractivity contribution in [2.45, 2.75) is 31.2 Å². The molecule has 0 aliphatic heterocycles. The van der Waals surface area contributed by atoms with E-state index in [1.807, 2.05) is 24.3 Å². The Kier molecular flexibility index (Phi) is 5.19. The van der Waals surface area contributed by atoms with Crippen LogP contribution in [0.2, 0.25) is 0 Å². The van der Waals surface area contributed by atoms with Gasteiger partial charge in [-0.1, -0.05) is 19.1 Å². The third-order valence-corrected chi connectivity index (χ3v) is 3.37. The minimum atomic E-state index is -0.289. The molecule has 3 nitrogen and oxygen atoms in total. The summed E-state index contributed by atoms with van der Waals surface area (Å²) in [6.45, 7) is 4.27. The van der Waals surface area contributed by atoms with Crippen LogP contribution in [0, 0.1) is 0 Å². The molecule has 0 radical (unpaired) electrons. The highest BCUT2D eigenvalue weighted by Gasteiger charge is 2.06. The Morgan fingerprint density at radius 2 is 2.19 bits per heavy atom. The number of thioether (sulfide) groups is 1. The van der Waals surface area contributed by atoms with Gasteiger partial charge in [-0.15, -0.1) is 11.8 Å². The summed E-state index contributed by atoms with van der Waals surface area (Å²) in [5.41, 5.74) is 6.21. The van der Waals surface area contributed by atoms with Crippen LogP contribution in [0.15, 0.2) is 29.2 Å². The molecule has 0 aliphatic rings. The Hall–Kier alpha value is -1.16. The van der Waals surface area contributed by atoms with Gasteiger partial charge < -0.3 is 11.1 Å². The van der Waals surface area contributed by atoms with E-state index >= 15 is 0 Å². The van der Waals surface area contributed by atoms with Crippen molar-refractivity contribution in [1.82, 2.24) is 0 Å². The molecule has 1 amide bonds. The fraction of sp³-hybridized carbons (Fsp3) is 0.417. The Bertz CT molecular complexity index is 355. The van der Waals surface area contributed by atoms with Crippen LogP contribution in [0.1, 0.15) is 20.3 Å². The summed E-state index contributed by atoms with van der Waals surface area (Å²) in [5.74, 6) is 0.0301. The van der Waals surface area contributed by atoms with Gasteiger partial charge in [0.25, 0.3) is 0 Å². The molecule has 0 saturated carbocycles. The molecule has 4 heteroatoms. The zero-order chi connectivity index (χ0) is 12.0. The Morgan fingerprint density at radius 3 is 2.81 bits per heavy atom. The van der Waals surface area contributed by atoms with E-state index in [4.69, 9.17) is 5.73 Å². The summed E-state index contributed by atoms with van der Waals surface area (Å²) in [6, 6.07) is 8.40. The maximum atomic E-state index is 10.7. The summed E-state index contributed by atoms with van der Waals surface area (Å²) < 4.78 is 0. The van der Waals surface area contributed by atoms with Gasteiger partial charge in [0.05, 0.1) is 5.75 Å². The molecule has 0 spiro atoms. The standard InChI is InChI=1S/C12H18N2OS/c1-3-9(2)14-10-6-4-5-7-11(10)16-8-12(13)15/h4-7,9,14H,3,8H2,1-2H3,(H2,13,15). The molecule has 0 fully saturated rings. The predicted octanol–water partition coefficient (Wildman–Crippen LogP) is 2.47. The van der Waals surface area contributed by atoms with Gasteiger partial charge in [0.1, 0.15) is 0 Å². The van der Waals surface area contributed by atoms with E-state index in [0.29, 0.717) is 11.8 Å². The van der Waals surface area contributed by atoms with Crippen LogP contribution in [-0.4, -0.2) is 17.7 Å². The second kappa shape index (κ2) is 6.43. The summed E-state index contributed by atoms with van der Waals surface area (Å²) in [4.78, 5) is 11.8. The van der Waals surface area contributed by atoms with Crippen molar-refractivity contribution >= 4 is 23.4 Å². The molecule has 0 aromatic heterocycles. The van der Waals surface area contributed by atoms with E-state index in [1.165, 1.54) is 11.8 Å². The van der Waals surface area contributed by atoms with Crippen molar-refractivity contribution in [3.8, 4) is 0 Å². The molecule has 3 N–H and O–H groups in total. The van der Waals surface area contributed by atoms with Crippen LogP contribution < -0.4 is 11.1 Å². The Morgan fingerprint density at radius 1 is 1.50 bits per heavy atom. The van der Waals surface area contributed by atoms with Crippen molar-refractivity contribution in [1.29, 1.82) is 0 Å². The molecule has 16 heavy (non-hydrogen) atoms. The summed E-state index contributed by atoms with van der Waals surface area (Å²) in [6.07, 6.45) is 1.06. The molecule has 0 heterocycles. The van der Waals surface area contributed by atoms with Crippen molar-refractivity contribution < 1.29 is 4.79 Å². The molecule has 1 aromatic carbocycles. The lowest BCUT2D eigenvalue weighted by Crippen LogP contribution is -2.15. The van der Waals surface area contributed by atoms with Crippen LogP contribution in [0.4, 0.5) is 5.69 Å². The first-order valence-electron chi connectivity index (χ1n) is 5.40. The smallest absolute Gasteiger partial charge is 0.227 e. The first-order chi connectivity index (χ1) is 7.63. The van der Waals surface area contributed by atoms with Crippen LogP contribution in [-0.2, 0) is 4.79 Å². The highest BCUT2D eigenvalue weighted by atomic mass is 32.2. The molecule has 88 valence electrons. The molecule has 1 aromatic rings. The number of benzene rings is 1. The normalized spacial score (nSPS) is 12.1. The topological polar surface area (TPSA) is 55.1 Å². The van der Waals surface area contributed by atoms with Gasteiger partial charge in [-0.25, -0.2) is 0 Å². The predicted molar refractivity (Wildman–Crippen MR) is 69.7 cm³/mol. The van der Waals surface area contributed by atoms with Crippen LogP contribution in [0.25, 0.3) is 0 Å². The molecular formula is C12H18N2OS. The molecule has 1 unspecified atom stereocenters. The molecule has 0 aliphatic carbocycles. The third kappa shape index (κ3) is 4.14. The van der Waals surface area contributed by atoms with Crippen molar-refractivity contribution in [2.75, 3.05) is 11.1 Å². The zero-order valence-corrected chi connectivity index (χ0v) is 10.5. The number of nitrogens with two attached hydrogens (primary N) is 1. The Balaban J connectivity index is 2.71. The van der Waals surface area contributed by atoms with E-state index in [-0.39, 0.29) is 5.91 Å². The lowest BCUT2D eigenvalue weighted by atomic mass is 10.2. The maximum absolute atomic E-state index is 10.7. The SMILES string of the molecule is CCC(C)Nc1ccccc1SCC(N)=O. The number of hydrogen-bond donors (Lipinski definition) is 2. The lowest BCUT2D eigenvalue weighted by molar-refractivity contribution is -0.115. The van der Waals surface area contributed by atoms with E-state index in [9.17, 15) is 4.79 Å². The maximum Gasteiger partial charge on any atom is 0.227 e. The second-order valence-electron chi connectivity index (χ2n) is 3.70. The van der Waals surface area contributed by atoms with E-state index in [2.05, 4.69) is 19.2 Å². The number of rotatable bonds is 6. The first-order valence-corrected chi connectivity index (χ1v) is 6.38. The molecular weight excluding hydrogens is 220 g/mol. The zero-order valence-electron chi connectivity index (χ0n) is 9.69. The third-order valence-electron chi connectivity index (χ3n) is 2.27. The van der Waals surface area contributed by atoms with Gasteiger partial charge in [0.2, 0.25) is 5.91 Å². The number of carbonyl (C=O) groups excluding carboxylic acids is 1. The highest BCUT2D eigenvalue weighted by Crippen LogP contribution is 2.27. The van der Waals surface area contributed by atoms with Crippen molar-refractivity contribution in [3.63, 3.8) is 0 Å². The summed E-state index contributed by atoms with van der Waals surface area (Å²) >= 11 is 1.47. The van der Waals surface area contributed by atoms with Gasteiger partial charge >= 0.3 is 0 Å². The number of hydrogen-bond acceptors (Lipinski definition) is 3. The highest BCUT2D eigenvalue weighted by molar-refractivity contribution is 8.00. The minimum Gasteiger partial charge on any atom is -0.382 e. The molecule has 0 bridgehead atoms. The fourth-order valence-corrected chi connectivity index (χ4v) is 1.98. The number of amides is 1. The van der Waals surface area contributed by atoms with E-state index in [0.717, 1.165) is 17.0 Å². The Labute approximate surface area is 101 Å². The average Bonchev–Trinajstić information content (AvgIpc) is 2.27. The fourth-order valence-electron chi connectivity index (χ4n) is 1.23. The monoisotopic (exact) mass is 238 g/mol. The number of para-hydroxylation sites is 1. The molecule has 1 atom stereocenters. The van der Waals surface area contributed by atoms with Gasteiger partial charge in [-0.05, 0) is 25.5 Å². The molecule has 1 rings (SSSR count). The van der Waals surface area contributed by atoms with Crippen molar-refractivity contribution in [3.05, 3.63) is 24.3 Å². The quantitative estimate of drug-likeness (QED) is 0.749. The number of nitrogens with one attached hydrogen (secondary N) is 1. The van der Waals surface area contributed by atoms with Gasteiger partial charge in [-0.2, -0.15) is 0 Å². The average molecular weight is 238 g/mol. The number of carbonyl (C=O) groups is 1. The van der Waals surface area contributed by atoms with E-state index < -0.39 is 0 Å². The van der Waals surface area contributed by atoms with Gasteiger partial charge in [-0.3, -0.25) is 4.79 Å². The van der Waals surface area contributed by atoms with Crippen LogP contribution >= 0.6 is 11.8 Å². The van der Waals surface area contributed by atoms with Gasteiger partial charge in [0.15, 0.2) is 0 Å². The second-order valence-corrected chi connectivity index (χ2v) is 4.72. The first kappa shape index (κ1) is 12.9. The van der Waals surface area contributed by atoms with Crippen LogP contribution in [0.3, 0.4) is 0 Å². The van der Waals surface area contributed by atoms with Crippen LogP contribution in [0.5, 0.6) is 0 Å². The largest absolute Gasteiger partial charge is 0.382 e. The number of primary amides is 1. The number of anilines is 1. The molecule has 0 saturated heterocycles. The summed E-state index contributed by atoms with van der Waals surface area (Å²) in [5, 5.41) is 3.41. The minimum absolute atomic E-state index is 0.289. The van der Waals surface area contributed by atoms with E-state index in [1.54, 1.807) is 0 Å². The lowest BCUT2D eigenvalue weighted by Gasteiger charge is -2.15. The van der Waals surface area contributed by atoms with Crippen molar-refractivity contribution in [2.24, 2.45) is 5.73 Å².